The third-order valence-electron chi connectivity index (χ3n) is 5.68. The van der Waals surface area contributed by atoms with Crippen LogP contribution in [0.4, 0.5) is 4.39 Å². The Morgan fingerprint density at radius 3 is 2.42 bits per heavy atom. The van der Waals surface area contributed by atoms with Gasteiger partial charge in [-0.25, -0.2) is 4.39 Å². The molecule has 0 aliphatic carbocycles. The Hall–Kier alpha value is -1.66. The van der Waals surface area contributed by atoms with Crippen molar-refractivity contribution in [2.45, 2.75) is 32.2 Å². The normalized spacial score (nSPS) is 20.8. The number of hydrogen-bond donors (Lipinski definition) is 0. The second-order valence-corrected chi connectivity index (χ2v) is 7.32. The van der Waals surface area contributed by atoms with E-state index in [0.717, 1.165) is 57.7 Å². The lowest BCUT2D eigenvalue weighted by Gasteiger charge is -2.39. The van der Waals surface area contributed by atoms with Gasteiger partial charge < -0.3 is 9.64 Å². The maximum atomic E-state index is 14.0. The standard InChI is InChI=1S/C20H30FN3O2/c1-16(17-6-7-19(26-2)18(21)14-17)23-12-10-22(11-13-23)15-20(25)24-8-4-3-5-9-24/h6-7,14,16H,3-5,8-13,15H2,1-2H3/t16-/m1/s1. The van der Waals surface area contributed by atoms with Crippen molar-refractivity contribution in [1.82, 2.24) is 14.7 Å². The highest BCUT2D eigenvalue weighted by molar-refractivity contribution is 5.78. The first kappa shape index (κ1) is 19.1. The number of hydrogen-bond acceptors (Lipinski definition) is 4. The molecule has 5 nitrogen and oxygen atoms in total. The third-order valence-corrected chi connectivity index (χ3v) is 5.68. The number of piperazine rings is 1. The molecule has 0 aromatic heterocycles. The van der Waals surface area contributed by atoms with E-state index in [2.05, 4.69) is 16.7 Å². The molecule has 2 heterocycles. The molecule has 3 rings (SSSR count). The molecule has 2 saturated heterocycles. The van der Waals surface area contributed by atoms with Crippen molar-refractivity contribution >= 4 is 5.91 Å². The number of halogens is 1. The van der Waals surface area contributed by atoms with Gasteiger partial charge in [-0.2, -0.15) is 0 Å². The predicted octanol–water partition coefficient (Wildman–Crippen LogP) is 2.53. The van der Waals surface area contributed by atoms with Gasteiger partial charge in [0.25, 0.3) is 0 Å². The summed E-state index contributed by atoms with van der Waals surface area (Å²) in [6, 6.07) is 5.33. The molecule has 26 heavy (non-hydrogen) atoms. The number of methoxy groups -OCH3 is 1. The van der Waals surface area contributed by atoms with Crippen molar-refractivity contribution in [1.29, 1.82) is 0 Å². The summed E-state index contributed by atoms with van der Waals surface area (Å²) in [6.07, 6.45) is 3.51. The van der Waals surface area contributed by atoms with Crippen molar-refractivity contribution in [3.63, 3.8) is 0 Å². The van der Waals surface area contributed by atoms with Gasteiger partial charge in [-0.1, -0.05) is 6.07 Å². The summed E-state index contributed by atoms with van der Waals surface area (Å²) in [6.45, 7) is 8.00. The fourth-order valence-corrected chi connectivity index (χ4v) is 3.90. The molecule has 2 aliphatic heterocycles. The SMILES string of the molecule is COc1ccc([C@@H](C)N2CCN(CC(=O)N3CCCCC3)CC2)cc1F. The Morgan fingerprint density at radius 1 is 1.12 bits per heavy atom. The van der Waals surface area contributed by atoms with Crippen LogP contribution in [0.15, 0.2) is 18.2 Å². The van der Waals surface area contributed by atoms with E-state index in [4.69, 9.17) is 4.74 Å². The van der Waals surface area contributed by atoms with Crippen molar-refractivity contribution in [2.75, 3.05) is 52.9 Å². The second-order valence-electron chi connectivity index (χ2n) is 7.32. The van der Waals surface area contributed by atoms with Gasteiger partial charge in [-0.05, 0) is 43.9 Å². The Morgan fingerprint density at radius 2 is 1.81 bits per heavy atom. The molecule has 144 valence electrons. The lowest BCUT2D eigenvalue weighted by molar-refractivity contribution is -0.133. The van der Waals surface area contributed by atoms with Crippen LogP contribution in [0.25, 0.3) is 0 Å². The van der Waals surface area contributed by atoms with Crippen molar-refractivity contribution < 1.29 is 13.9 Å². The third kappa shape index (κ3) is 4.54. The first-order valence-electron chi connectivity index (χ1n) is 9.66. The van der Waals surface area contributed by atoms with E-state index >= 15 is 0 Å². The van der Waals surface area contributed by atoms with Crippen LogP contribution in [0.2, 0.25) is 0 Å². The number of benzene rings is 1. The van der Waals surface area contributed by atoms with Crippen molar-refractivity contribution in [2.24, 2.45) is 0 Å². The minimum Gasteiger partial charge on any atom is -0.494 e. The average molecular weight is 363 g/mol. The molecule has 0 spiro atoms. The van der Waals surface area contributed by atoms with Crippen LogP contribution in [-0.2, 0) is 4.79 Å². The summed E-state index contributed by atoms with van der Waals surface area (Å²) in [4.78, 5) is 19.0. The summed E-state index contributed by atoms with van der Waals surface area (Å²) in [5.41, 5.74) is 0.959. The Bertz CT molecular complexity index is 611. The zero-order chi connectivity index (χ0) is 18.5. The van der Waals surface area contributed by atoms with E-state index in [1.165, 1.54) is 13.5 Å². The monoisotopic (exact) mass is 363 g/mol. The number of carbonyl (C=O) groups is 1. The lowest BCUT2D eigenvalue weighted by Crippen LogP contribution is -2.51. The maximum absolute atomic E-state index is 14.0. The summed E-state index contributed by atoms with van der Waals surface area (Å²) in [5.74, 6) is 0.230. The molecule has 2 aliphatic rings. The number of piperidine rings is 1. The van der Waals surface area contributed by atoms with Crippen LogP contribution in [0.5, 0.6) is 5.75 Å². The number of ether oxygens (including phenoxy) is 1. The van der Waals surface area contributed by atoms with Crippen molar-refractivity contribution in [3.05, 3.63) is 29.6 Å². The summed E-state index contributed by atoms with van der Waals surface area (Å²) >= 11 is 0. The number of rotatable bonds is 5. The fourth-order valence-electron chi connectivity index (χ4n) is 3.90. The van der Waals surface area contributed by atoms with E-state index < -0.39 is 0 Å². The zero-order valence-corrected chi connectivity index (χ0v) is 15.9. The summed E-state index contributed by atoms with van der Waals surface area (Å²) in [7, 11) is 1.48. The maximum Gasteiger partial charge on any atom is 0.236 e. The van der Waals surface area contributed by atoms with Gasteiger partial charge in [0.2, 0.25) is 5.91 Å². The van der Waals surface area contributed by atoms with E-state index in [-0.39, 0.29) is 23.5 Å². The van der Waals surface area contributed by atoms with Crippen LogP contribution in [-0.4, -0.2) is 73.5 Å². The largest absolute Gasteiger partial charge is 0.494 e. The Kier molecular flexibility index (Phi) is 6.48. The van der Waals surface area contributed by atoms with Crippen LogP contribution >= 0.6 is 0 Å². The average Bonchev–Trinajstić information content (AvgIpc) is 2.68. The second kappa shape index (κ2) is 8.82. The molecule has 0 unspecified atom stereocenters. The summed E-state index contributed by atoms with van der Waals surface area (Å²) < 4.78 is 19.0. The highest BCUT2D eigenvalue weighted by Gasteiger charge is 2.25. The van der Waals surface area contributed by atoms with Gasteiger partial charge >= 0.3 is 0 Å². The van der Waals surface area contributed by atoms with E-state index in [1.54, 1.807) is 12.1 Å². The van der Waals surface area contributed by atoms with Crippen LogP contribution in [0.1, 0.15) is 37.8 Å². The zero-order valence-electron chi connectivity index (χ0n) is 15.9. The van der Waals surface area contributed by atoms with Crippen LogP contribution in [0.3, 0.4) is 0 Å². The Labute approximate surface area is 155 Å². The lowest BCUT2D eigenvalue weighted by atomic mass is 10.1. The molecule has 1 aromatic rings. The van der Waals surface area contributed by atoms with E-state index in [9.17, 15) is 9.18 Å². The van der Waals surface area contributed by atoms with Gasteiger partial charge in [0.15, 0.2) is 11.6 Å². The minimum atomic E-state index is -0.317. The van der Waals surface area contributed by atoms with Gasteiger partial charge in [0, 0.05) is 45.3 Å². The quantitative estimate of drug-likeness (QED) is 0.805. The van der Waals surface area contributed by atoms with E-state index in [0.29, 0.717) is 6.54 Å². The van der Waals surface area contributed by atoms with Gasteiger partial charge in [0.1, 0.15) is 0 Å². The topological polar surface area (TPSA) is 36.0 Å². The van der Waals surface area contributed by atoms with Crippen LogP contribution < -0.4 is 4.74 Å². The first-order valence-corrected chi connectivity index (χ1v) is 9.66. The molecule has 1 atom stereocenters. The first-order chi connectivity index (χ1) is 12.6. The highest BCUT2D eigenvalue weighted by Crippen LogP contribution is 2.26. The molecule has 2 fully saturated rings. The number of nitrogens with zero attached hydrogens (tertiary/aromatic N) is 3. The summed E-state index contributed by atoms with van der Waals surface area (Å²) in [5, 5.41) is 0. The number of amides is 1. The smallest absolute Gasteiger partial charge is 0.236 e. The minimum absolute atomic E-state index is 0.148. The van der Waals surface area contributed by atoms with Crippen molar-refractivity contribution in [3.8, 4) is 5.75 Å². The highest BCUT2D eigenvalue weighted by atomic mass is 19.1. The predicted molar refractivity (Wildman–Crippen MR) is 99.8 cm³/mol. The fraction of sp³-hybridized carbons (Fsp3) is 0.650. The Balaban J connectivity index is 1.49. The molecule has 1 amide bonds. The molecule has 6 heteroatoms. The van der Waals surface area contributed by atoms with Gasteiger partial charge in [-0.3, -0.25) is 14.6 Å². The molecule has 0 radical (unpaired) electrons. The molecular formula is C20H30FN3O2. The molecule has 1 aromatic carbocycles. The molecular weight excluding hydrogens is 333 g/mol. The molecule has 0 N–H and O–H groups in total. The number of carbonyl (C=O) groups excluding carboxylic acids is 1. The molecule has 0 bridgehead atoms. The number of likely N-dealkylation sites (tertiary alicyclic amines) is 1. The van der Waals surface area contributed by atoms with Gasteiger partial charge in [0.05, 0.1) is 13.7 Å². The van der Waals surface area contributed by atoms with Gasteiger partial charge in [-0.15, -0.1) is 0 Å². The van der Waals surface area contributed by atoms with Crippen LogP contribution in [0, 0.1) is 5.82 Å². The molecule has 0 saturated carbocycles. The van der Waals surface area contributed by atoms with E-state index in [1.807, 2.05) is 11.0 Å².